The lowest BCUT2D eigenvalue weighted by atomic mass is 10.00. The van der Waals surface area contributed by atoms with Crippen LogP contribution in [-0.4, -0.2) is 18.4 Å². The Morgan fingerprint density at radius 2 is 2.12 bits per heavy atom. The van der Waals surface area contributed by atoms with Gasteiger partial charge in [0.1, 0.15) is 5.72 Å². The fourth-order valence-corrected chi connectivity index (χ4v) is 2.19. The van der Waals surface area contributed by atoms with Crippen molar-refractivity contribution in [2.45, 2.75) is 39.0 Å². The largest absolute Gasteiger partial charge is 0.359 e. The van der Waals surface area contributed by atoms with Crippen molar-refractivity contribution in [3.63, 3.8) is 0 Å². The van der Waals surface area contributed by atoms with Gasteiger partial charge in [0.05, 0.1) is 6.61 Å². The summed E-state index contributed by atoms with van der Waals surface area (Å²) >= 11 is 0. The van der Waals surface area contributed by atoms with Crippen molar-refractivity contribution in [1.82, 2.24) is 5.32 Å². The second-order valence-electron chi connectivity index (χ2n) is 4.69. The lowest BCUT2D eigenvalue weighted by molar-refractivity contribution is 0.00679. The van der Waals surface area contributed by atoms with Crippen LogP contribution in [0.5, 0.6) is 0 Å². The van der Waals surface area contributed by atoms with E-state index in [0.717, 1.165) is 13.0 Å². The molecule has 2 rings (SSSR count). The lowest BCUT2D eigenvalue weighted by Crippen LogP contribution is -2.42. The molecule has 2 nitrogen and oxygen atoms in total. The SMILES string of the molecule is Cc1ccccc1CC1(C)NC(C)CO1.Cl. The van der Waals surface area contributed by atoms with Crippen molar-refractivity contribution in [2.75, 3.05) is 6.61 Å². The van der Waals surface area contributed by atoms with Gasteiger partial charge in [0.15, 0.2) is 0 Å². The number of ether oxygens (including phenoxy) is 1. The third kappa shape index (κ3) is 2.97. The Morgan fingerprint density at radius 3 is 2.69 bits per heavy atom. The van der Waals surface area contributed by atoms with Gasteiger partial charge in [0.2, 0.25) is 0 Å². The summed E-state index contributed by atoms with van der Waals surface area (Å²) in [6, 6.07) is 8.95. The Hall–Kier alpha value is -0.570. The zero-order valence-electron chi connectivity index (χ0n) is 10.1. The van der Waals surface area contributed by atoms with E-state index in [1.807, 2.05) is 0 Å². The highest BCUT2D eigenvalue weighted by Gasteiger charge is 2.33. The van der Waals surface area contributed by atoms with Crippen molar-refractivity contribution < 1.29 is 4.74 Å². The number of nitrogens with one attached hydrogen (secondary N) is 1. The summed E-state index contributed by atoms with van der Waals surface area (Å²) in [7, 11) is 0. The van der Waals surface area contributed by atoms with Crippen LogP contribution in [0.25, 0.3) is 0 Å². The predicted octanol–water partition coefficient (Wildman–Crippen LogP) is 2.68. The Kier molecular flexibility index (Phi) is 4.36. The van der Waals surface area contributed by atoms with Gasteiger partial charge in [0, 0.05) is 12.5 Å². The maximum absolute atomic E-state index is 5.80. The van der Waals surface area contributed by atoms with Crippen LogP contribution in [0, 0.1) is 6.92 Å². The second-order valence-corrected chi connectivity index (χ2v) is 4.69. The van der Waals surface area contributed by atoms with Gasteiger partial charge in [-0.2, -0.15) is 0 Å². The van der Waals surface area contributed by atoms with Gasteiger partial charge >= 0.3 is 0 Å². The zero-order chi connectivity index (χ0) is 10.9. The van der Waals surface area contributed by atoms with Gasteiger partial charge in [-0.05, 0) is 31.9 Å². The second kappa shape index (κ2) is 5.17. The third-order valence-electron chi connectivity index (χ3n) is 2.99. The number of aryl methyl sites for hydroxylation is 1. The van der Waals surface area contributed by atoms with Gasteiger partial charge in [-0.15, -0.1) is 12.4 Å². The van der Waals surface area contributed by atoms with Gasteiger partial charge in [0.25, 0.3) is 0 Å². The highest BCUT2D eigenvalue weighted by Crippen LogP contribution is 2.22. The molecule has 1 aromatic carbocycles. The average Bonchev–Trinajstić information content (AvgIpc) is 2.51. The van der Waals surface area contributed by atoms with Gasteiger partial charge in [-0.3, -0.25) is 5.32 Å². The molecule has 2 unspecified atom stereocenters. The molecule has 90 valence electrons. The molecule has 16 heavy (non-hydrogen) atoms. The van der Waals surface area contributed by atoms with E-state index in [9.17, 15) is 0 Å². The molecule has 0 radical (unpaired) electrons. The topological polar surface area (TPSA) is 21.3 Å². The minimum absolute atomic E-state index is 0. The van der Waals surface area contributed by atoms with Crippen molar-refractivity contribution >= 4 is 12.4 Å². The van der Waals surface area contributed by atoms with Crippen LogP contribution in [0.2, 0.25) is 0 Å². The van der Waals surface area contributed by atoms with E-state index in [4.69, 9.17) is 4.74 Å². The first-order valence-electron chi connectivity index (χ1n) is 5.55. The van der Waals surface area contributed by atoms with Gasteiger partial charge in [-0.25, -0.2) is 0 Å². The number of rotatable bonds is 2. The summed E-state index contributed by atoms with van der Waals surface area (Å²) in [6.45, 7) is 7.24. The maximum atomic E-state index is 5.80. The standard InChI is InChI=1S/C13H19NO.ClH/c1-10-6-4-5-7-12(10)8-13(3)14-11(2)9-15-13;/h4-7,11,14H,8-9H2,1-3H3;1H. The minimum Gasteiger partial charge on any atom is -0.359 e. The van der Waals surface area contributed by atoms with E-state index >= 15 is 0 Å². The molecule has 1 heterocycles. The Labute approximate surface area is 104 Å². The van der Waals surface area contributed by atoms with Crippen LogP contribution in [0.1, 0.15) is 25.0 Å². The summed E-state index contributed by atoms with van der Waals surface area (Å²) < 4.78 is 5.80. The minimum atomic E-state index is -0.189. The van der Waals surface area contributed by atoms with Crippen LogP contribution in [0.4, 0.5) is 0 Å². The van der Waals surface area contributed by atoms with E-state index in [-0.39, 0.29) is 18.1 Å². The third-order valence-corrected chi connectivity index (χ3v) is 2.99. The first-order chi connectivity index (χ1) is 7.09. The number of hydrogen-bond acceptors (Lipinski definition) is 2. The summed E-state index contributed by atoms with van der Waals surface area (Å²) in [5, 5.41) is 3.48. The molecular formula is C13H20ClNO. The molecule has 0 aliphatic carbocycles. The molecule has 0 saturated carbocycles. The van der Waals surface area contributed by atoms with E-state index in [0.29, 0.717) is 6.04 Å². The first kappa shape index (κ1) is 13.5. The maximum Gasteiger partial charge on any atom is 0.120 e. The van der Waals surface area contributed by atoms with E-state index in [2.05, 4.69) is 50.4 Å². The number of hydrogen-bond donors (Lipinski definition) is 1. The quantitative estimate of drug-likeness (QED) is 0.860. The molecule has 0 spiro atoms. The van der Waals surface area contributed by atoms with Crippen LogP contribution in [-0.2, 0) is 11.2 Å². The van der Waals surface area contributed by atoms with E-state index < -0.39 is 0 Å². The number of benzene rings is 1. The Balaban J connectivity index is 0.00000128. The summed E-state index contributed by atoms with van der Waals surface area (Å²) in [5.74, 6) is 0. The zero-order valence-corrected chi connectivity index (χ0v) is 10.9. The van der Waals surface area contributed by atoms with Crippen LogP contribution >= 0.6 is 12.4 Å². The fraction of sp³-hybridized carbons (Fsp3) is 0.538. The molecule has 3 heteroatoms. The summed E-state index contributed by atoms with van der Waals surface area (Å²) in [6.07, 6.45) is 0.935. The molecule has 1 N–H and O–H groups in total. The molecule has 0 bridgehead atoms. The summed E-state index contributed by atoms with van der Waals surface area (Å²) in [5.41, 5.74) is 2.51. The molecular weight excluding hydrogens is 222 g/mol. The monoisotopic (exact) mass is 241 g/mol. The molecule has 0 aromatic heterocycles. The van der Waals surface area contributed by atoms with E-state index in [1.54, 1.807) is 0 Å². The molecule has 1 saturated heterocycles. The molecule has 1 fully saturated rings. The van der Waals surface area contributed by atoms with Crippen molar-refractivity contribution in [1.29, 1.82) is 0 Å². The molecule has 1 aromatic rings. The molecule has 1 aliphatic rings. The fourth-order valence-electron chi connectivity index (χ4n) is 2.19. The normalized spacial score (nSPS) is 28.8. The molecule has 0 amide bonds. The molecule has 2 atom stereocenters. The predicted molar refractivity (Wildman–Crippen MR) is 69.1 cm³/mol. The molecule has 1 aliphatic heterocycles. The first-order valence-corrected chi connectivity index (χ1v) is 5.55. The Bertz CT molecular complexity index is 356. The summed E-state index contributed by atoms with van der Waals surface area (Å²) in [4.78, 5) is 0. The van der Waals surface area contributed by atoms with Gasteiger partial charge < -0.3 is 4.74 Å². The van der Waals surface area contributed by atoms with Crippen molar-refractivity contribution in [2.24, 2.45) is 0 Å². The van der Waals surface area contributed by atoms with E-state index in [1.165, 1.54) is 11.1 Å². The van der Waals surface area contributed by atoms with Crippen LogP contribution < -0.4 is 5.32 Å². The highest BCUT2D eigenvalue weighted by atomic mass is 35.5. The smallest absolute Gasteiger partial charge is 0.120 e. The van der Waals surface area contributed by atoms with Gasteiger partial charge in [-0.1, -0.05) is 24.3 Å². The lowest BCUT2D eigenvalue weighted by Gasteiger charge is -2.25. The number of halogens is 1. The Morgan fingerprint density at radius 1 is 1.44 bits per heavy atom. The van der Waals surface area contributed by atoms with Crippen molar-refractivity contribution in [3.8, 4) is 0 Å². The van der Waals surface area contributed by atoms with Crippen LogP contribution in [0.15, 0.2) is 24.3 Å². The average molecular weight is 242 g/mol. The van der Waals surface area contributed by atoms with Crippen LogP contribution in [0.3, 0.4) is 0 Å². The van der Waals surface area contributed by atoms with Crippen molar-refractivity contribution in [3.05, 3.63) is 35.4 Å². The highest BCUT2D eigenvalue weighted by molar-refractivity contribution is 5.85.